The van der Waals surface area contributed by atoms with E-state index in [2.05, 4.69) is 32.9 Å². The van der Waals surface area contributed by atoms with Crippen LogP contribution in [0.3, 0.4) is 0 Å². The molecule has 0 saturated carbocycles. The molecule has 0 spiro atoms. The molecule has 0 aliphatic carbocycles. The van der Waals surface area contributed by atoms with Crippen LogP contribution in [0.1, 0.15) is 16.7 Å². The molecule has 0 aliphatic heterocycles. The number of aryl methyl sites for hydroxylation is 2. The molecule has 0 N–H and O–H groups in total. The first-order chi connectivity index (χ1) is 5.15. The van der Waals surface area contributed by atoms with Crippen LogP contribution in [0, 0.1) is 20.8 Å². The van der Waals surface area contributed by atoms with Gasteiger partial charge in [0.25, 0.3) is 0 Å². The van der Waals surface area contributed by atoms with Gasteiger partial charge < -0.3 is 9.07 Å². The lowest BCUT2D eigenvalue weighted by atomic mass is 10.1. The van der Waals surface area contributed by atoms with Crippen molar-refractivity contribution in [2.24, 2.45) is 0 Å². The molecule has 0 unspecified atom stereocenters. The van der Waals surface area contributed by atoms with Gasteiger partial charge in [0, 0.05) is 0 Å². The highest BCUT2D eigenvalue weighted by atomic mass is 35.5. The van der Waals surface area contributed by atoms with E-state index < -0.39 is 19.3 Å². The number of benzene rings is 1. The standard InChI is InChI=1S/C9H11.ClH.Mg/c1-7-5-4-6-8(2)9(7)3;;/h5-6H,1-3H3;1H;/q;;+1/p-1. The van der Waals surface area contributed by atoms with Crippen LogP contribution in [-0.2, 0) is 0 Å². The molecular weight excluding hydrogens is 168 g/mol. The average Bonchev–Trinajstić information content (AvgIpc) is 1.99. The summed E-state index contributed by atoms with van der Waals surface area (Å²) in [6.07, 6.45) is 0. The van der Waals surface area contributed by atoms with Crippen molar-refractivity contribution >= 4 is 32.0 Å². The van der Waals surface area contributed by atoms with Crippen molar-refractivity contribution in [1.29, 1.82) is 0 Å². The molecule has 0 heterocycles. The van der Waals surface area contributed by atoms with E-state index in [0.29, 0.717) is 0 Å². The molecular formula is C9H11ClMg. The molecule has 0 bridgehead atoms. The van der Waals surface area contributed by atoms with Gasteiger partial charge in [0.05, 0.1) is 0 Å². The van der Waals surface area contributed by atoms with Gasteiger partial charge in [-0.2, -0.15) is 0 Å². The molecule has 11 heavy (non-hydrogen) atoms. The lowest BCUT2D eigenvalue weighted by molar-refractivity contribution is 1.28. The Morgan fingerprint density at radius 3 is 1.91 bits per heavy atom. The summed E-state index contributed by atoms with van der Waals surface area (Å²) in [7, 11) is 5.86. The number of hydrogen-bond acceptors (Lipinski definition) is 0. The molecule has 56 valence electrons. The topological polar surface area (TPSA) is 0 Å². The van der Waals surface area contributed by atoms with Gasteiger partial charge in [0.1, 0.15) is 0 Å². The van der Waals surface area contributed by atoms with Crippen molar-refractivity contribution in [3.8, 4) is 0 Å². The van der Waals surface area contributed by atoms with E-state index in [1.807, 2.05) is 0 Å². The maximum atomic E-state index is 5.86. The van der Waals surface area contributed by atoms with Gasteiger partial charge >= 0.3 is 19.3 Å². The quantitative estimate of drug-likeness (QED) is 0.579. The highest BCUT2D eigenvalue weighted by Gasteiger charge is 2.01. The summed E-state index contributed by atoms with van der Waals surface area (Å²) < 4.78 is 1.35. The van der Waals surface area contributed by atoms with Crippen LogP contribution >= 0.6 is 9.07 Å². The van der Waals surface area contributed by atoms with Crippen molar-refractivity contribution in [3.05, 3.63) is 28.8 Å². The summed E-state index contributed by atoms with van der Waals surface area (Å²) in [5.74, 6) is 0. The maximum Gasteiger partial charge on any atom is 0.538 e. The van der Waals surface area contributed by atoms with Crippen molar-refractivity contribution in [2.75, 3.05) is 0 Å². The normalized spacial score (nSPS) is 9.45. The van der Waals surface area contributed by atoms with Crippen molar-refractivity contribution in [3.63, 3.8) is 0 Å². The van der Waals surface area contributed by atoms with Gasteiger partial charge in [-0.15, -0.1) is 3.69 Å². The van der Waals surface area contributed by atoms with Crippen molar-refractivity contribution < 1.29 is 0 Å². The van der Waals surface area contributed by atoms with Crippen molar-refractivity contribution in [1.82, 2.24) is 0 Å². The fourth-order valence-corrected chi connectivity index (χ4v) is 2.43. The number of halogens is 1. The summed E-state index contributed by atoms with van der Waals surface area (Å²) >= 11 is -0.495. The second-order valence-corrected chi connectivity index (χ2v) is 4.87. The highest BCUT2D eigenvalue weighted by Crippen LogP contribution is 2.09. The third kappa shape index (κ3) is 2.11. The molecule has 0 aromatic heterocycles. The number of rotatable bonds is 1. The lowest BCUT2D eigenvalue weighted by Gasteiger charge is -2.06. The van der Waals surface area contributed by atoms with E-state index in [9.17, 15) is 0 Å². The minimum Gasteiger partial charge on any atom is -0.336 e. The van der Waals surface area contributed by atoms with Gasteiger partial charge in [0.2, 0.25) is 0 Å². The molecule has 1 aromatic rings. The Hall–Kier alpha value is 0.276. The molecule has 0 nitrogen and oxygen atoms in total. The molecule has 1 aromatic carbocycles. The molecule has 0 amide bonds. The fraction of sp³-hybridized carbons (Fsp3) is 0.333. The predicted molar refractivity (Wildman–Crippen MR) is 51.9 cm³/mol. The van der Waals surface area contributed by atoms with Gasteiger partial charge in [-0.1, -0.05) is 23.3 Å². The SMILES string of the molecule is Cc1c[c]([Mg][Cl])cc(C)c1C. The van der Waals surface area contributed by atoms with E-state index in [-0.39, 0.29) is 0 Å². The Morgan fingerprint density at radius 2 is 1.55 bits per heavy atom. The van der Waals surface area contributed by atoms with E-state index in [1.165, 1.54) is 20.4 Å². The number of hydrogen-bond donors (Lipinski definition) is 0. The summed E-state index contributed by atoms with van der Waals surface area (Å²) in [6.45, 7) is 6.45. The molecule has 0 radical (unpaired) electrons. The van der Waals surface area contributed by atoms with E-state index in [0.717, 1.165) is 0 Å². The predicted octanol–water partition coefficient (Wildman–Crippen LogP) is 2.10. The highest BCUT2D eigenvalue weighted by molar-refractivity contribution is 7.01. The van der Waals surface area contributed by atoms with Crippen LogP contribution < -0.4 is 3.69 Å². The summed E-state index contributed by atoms with van der Waals surface area (Å²) in [4.78, 5) is 0. The monoisotopic (exact) mass is 178 g/mol. The van der Waals surface area contributed by atoms with Crippen LogP contribution in [0.15, 0.2) is 12.1 Å². The Kier molecular flexibility index (Phi) is 3.23. The molecule has 1 rings (SSSR count). The van der Waals surface area contributed by atoms with Gasteiger partial charge in [-0.25, -0.2) is 0 Å². The minimum absolute atomic E-state index is 0.495. The Morgan fingerprint density at radius 1 is 1.09 bits per heavy atom. The molecule has 2 heteroatoms. The zero-order valence-electron chi connectivity index (χ0n) is 7.24. The second kappa shape index (κ2) is 3.79. The third-order valence-corrected chi connectivity index (χ3v) is 3.78. The lowest BCUT2D eigenvalue weighted by Crippen LogP contribution is -2.10. The van der Waals surface area contributed by atoms with E-state index >= 15 is 0 Å². The van der Waals surface area contributed by atoms with E-state index in [1.54, 1.807) is 0 Å². The van der Waals surface area contributed by atoms with E-state index in [4.69, 9.17) is 9.07 Å². The third-order valence-electron chi connectivity index (χ3n) is 2.14. The molecule has 0 aliphatic rings. The van der Waals surface area contributed by atoms with Crippen molar-refractivity contribution in [2.45, 2.75) is 20.8 Å². The Labute approximate surface area is 81.5 Å². The van der Waals surface area contributed by atoms with Crippen LogP contribution in [0.5, 0.6) is 0 Å². The summed E-state index contributed by atoms with van der Waals surface area (Å²) in [6, 6.07) is 4.42. The Balaban J connectivity index is 3.21. The Bertz CT molecular complexity index is 245. The second-order valence-electron chi connectivity index (χ2n) is 2.99. The van der Waals surface area contributed by atoms with Gasteiger partial charge in [-0.05, 0) is 26.3 Å². The zero-order valence-corrected chi connectivity index (χ0v) is 9.41. The van der Waals surface area contributed by atoms with Crippen LogP contribution in [0.4, 0.5) is 0 Å². The minimum atomic E-state index is -0.495. The first-order valence-electron chi connectivity index (χ1n) is 3.78. The van der Waals surface area contributed by atoms with Gasteiger partial charge in [-0.3, -0.25) is 0 Å². The summed E-state index contributed by atoms with van der Waals surface area (Å²) in [5, 5.41) is 0. The van der Waals surface area contributed by atoms with Crippen LogP contribution in [-0.4, -0.2) is 19.3 Å². The molecule has 0 fully saturated rings. The fourth-order valence-electron chi connectivity index (χ4n) is 1.20. The van der Waals surface area contributed by atoms with Gasteiger partial charge in [0.15, 0.2) is 0 Å². The first kappa shape index (κ1) is 9.36. The summed E-state index contributed by atoms with van der Waals surface area (Å²) in [5.41, 5.74) is 4.13. The maximum absolute atomic E-state index is 5.86. The average molecular weight is 179 g/mol. The molecule has 0 atom stereocenters. The van der Waals surface area contributed by atoms with Crippen LogP contribution in [0.25, 0.3) is 0 Å². The largest absolute Gasteiger partial charge is 0.538 e. The van der Waals surface area contributed by atoms with Crippen LogP contribution in [0.2, 0.25) is 0 Å². The zero-order chi connectivity index (χ0) is 8.43. The first-order valence-corrected chi connectivity index (χ1v) is 6.62. The molecule has 0 saturated heterocycles. The smallest absolute Gasteiger partial charge is 0.336 e.